The first kappa shape index (κ1) is 20.2. The maximum atomic E-state index is 12.5. The standard InChI is InChI=1S/C17H21N3O7S/c21-14(22)11-20-16(23)12-3-1-4-13(15(12)17(20)24)18-28(25,26)10-2-5-19-6-8-27-9-7-19/h1,3-4,18H,2,5-11H2,(H,21,22). The number of hydrogen-bond acceptors (Lipinski definition) is 7. The van der Waals surface area contributed by atoms with Gasteiger partial charge in [-0.05, 0) is 25.1 Å². The number of fused-ring (bicyclic) bond motifs is 1. The third kappa shape index (κ3) is 4.49. The fraction of sp³-hybridized carbons (Fsp3) is 0.471. The van der Waals surface area contributed by atoms with Gasteiger partial charge in [-0.3, -0.25) is 28.9 Å². The summed E-state index contributed by atoms with van der Waals surface area (Å²) in [6.45, 7) is 2.61. The van der Waals surface area contributed by atoms with Gasteiger partial charge in [0.2, 0.25) is 10.0 Å². The lowest BCUT2D eigenvalue weighted by atomic mass is 10.1. The van der Waals surface area contributed by atoms with Gasteiger partial charge in [0.15, 0.2) is 0 Å². The topological polar surface area (TPSA) is 133 Å². The van der Waals surface area contributed by atoms with E-state index in [4.69, 9.17) is 9.84 Å². The lowest BCUT2D eigenvalue weighted by Gasteiger charge is -2.26. The Balaban J connectivity index is 1.69. The second-order valence-corrected chi connectivity index (χ2v) is 8.39. The first-order chi connectivity index (χ1) is 13.3. The predicted octanol–water partition coefficient (Wildman–Crippen LogP) is -0.169. The predicted molar refractivity (Wildman–Crippen MR) is 98.7 cm³/mol. The van der Waals surface area contributed by atoms with Crippen LogP contribution in [-0.2, 0) is 19.6 Å². The van der Waals surface area contributed by atoms with Crippen molar-refractivity contribution >= 4 is 33.5 Å². The highest BCUT2D eigenvalue weighted by Crippen LogP contribution is 2.30. The molecule has 0 bridgehead atoms. The summed E-state index contributed by atoms with van der Waals surface area (Å²) in [7, 11) is -3.74. The van der Waals surface area contributed by atoms with Crippen molar-refractivity contribution in [1.82, 2.24) is 9.80 Å². The molecule has 0 unspecified atom stereocenters. The van der Waals surface area contributed by atoms with E-state index in [1.807, 2.05) is 0 Å². The monoisotopic (exact) mass is 411 g/mol. The van der Waals surface area contributed by atoms with Gasteiger partial charge in [-0.1, -0.05) is 6.07 Å². The van der Waals surface area contributed by atoms with E-state index in [2.05, 4.69) is 9.62 Å². The Hall–Kier alpha value is -2.50. The quantitative estimate of drug-likeness (QED) is 0.564. The zero-order chi connectivity index (χ0) is 20.3. The molecule has 2 amide bonds. The first-order valence-electron chi connectivity index (χ1n) is 8.80. The van der Waals surface area contributed by atoms with Crippen molar-refractivity contribution in [2.24, 2.45) is 0 Å². The minimum atomic E-state index is -3.74. The van der Waals surface area contributed by atoms with Crippen LogP contribution in [0.1, 0.15) is 27.1 Å². The number of anilines is 1. The van der Waals surface area contributed by atoms with Crippen LogP contribution >= 0.6 is 0 Å². The van der Waals surface area contributed by atoms with Gasteiger partial charge >= 0.3 is 5.97 Å². The molecule has 1 saturated heterocycles. The van der Waals surface area contributed by atoms with Crippen molar-refractivity contribution in [3.63, 3.8) is 0 Å². The van der Waals surface area contributed by atoms with Gasteiger partial charge in [-0.15, -0.1) is 0 Å². The van der Waals surface area contributed by atoms with Crippen LogP contribution in [0.25, 0.3) is 0 Å². The highest BCUT2D eigenvalue weighted by molar-refractivity contribution is 7.92. The summed E-state index contributed by atoms with van der Waals surface area (Å²) in [5.74, 6) is -3.06. The average Bonchev–Trinajstić information content (AvgIpc) is 2.87. The molecule has 0 aliphatic carbocycles. The molecule has 0 aromatic heterocycles. The van der Waals surface area contributed by atoms with Crippen LogP contribution in [0.4, 0.5) is 5.69 Å². The number of aliphatic carboxylic acids is 1. The second-order valence-electron chi connectivity index (χ2n) is 6.55. The maximum Gasteiger partial charge on any atom is 0.323 e. The number of ether oxygens (including phenoxy) is 1. The van der Waals surface area contributed by atoms with Crippen molar-refractivity contribution in [2.45, 2.75) is 6.42 Å². The Morgan fingerprint density at radius 2 is 1.89 bits per heavy atom. The van der Waals surface area contributed by atoms with Crippen LogP contribution in [0.5, 0.6) is 0 Å². The number of benzene rings is 1. The number of hydrogen-bond donors (Lipinski definition) is 2. The van der Waals surface area contributed by atoms with E-state index in [0.717, 1.165) is 13.1 Å². The molecule has 2 N–H and O–H groups in total. The highest BCUT2D eigenvalue weighted by Gasteiger charge is 2.39. The summed E-state index contributed by atoms with van der Waals surface area (Å²) in [6, 6.07) is 4.20. The van der Waals surface area contributed by atoms with Crippen molar-refractivity contribution < 1.29 is 32.6 Å². The van der Waals surface area contributed by atoms with E-state index < -0.39 is 34.4 Å². The normalized spacial score (nSPS) is 17.6. The molecule has 0 spiro atoms. The van der Waals surface area contributed by atoms with Crippen molar-refractivity contribution in [2.75, 3.05) is 49.9 Å². The minimum absolute atomic E-state index is 0.0141. The van der Waals surface area contributed by atoms with Crippen molar-refractivity contribution in [3.05, 3.63) is 29.3 Å². The van der Waals surface area contributed by atoms with Gasteiger partial charge in [-0.2, -0.15) is 0 Å². The summed E-state index contributed by atoms with van der Waals surface area (Å²) >= 11 is 0. The van der Waals surface area contributed by atoms with Gasteiger partial charge in [0, 0.05) is 13.1 Å². The fourth-order valence-electron chi connectivity index (χ4n) is 3.22. The smallest absolute Gasteiger partial charge is 0.323 e. The van der Waals surface area contributed by atoms with E-state index in [-0.39, 0.29) is 22.6 Å². The summed E-state index contributed by atoms with van der Waals surface area (Å²) in [5.41, 5.74) is -0.152. The van der Waals surface area contributed by atoms with E-state index in [1.54, 1.807) is 0 Å². The Morgan fingerprint density at radius 1 is 1.18 bits per heavy atom. The van der Waals surface area contributed by atoms with Gasteiger partial charge in [0.05, 0.1) is 35.8 Å². The molecule has 10 nitrogen and oxygen atoms in total. The zero-order valence-corrected chi connectivity index (χ0v) is 15.9. The molecular weight excluding hydrogens is 390 g/mol. The van der Waals surface area contributed by atoms with Crippen LogP contribution in [0.2, 0.25) is 0 Å². The number of carboxylic acids is 1. The van der Waals surface area contributed by atoms with Crippen LogP contribution in [0.15, 0.2) is 18.2 Å². The number of carbonyl (C=O) groups is 3. The summed E-state index contributed by atoms with van der Waals surface area (Å²) in [4.78, 5) is 38.3. The Kier molecular flexibility index (Phi) is 5.96. The summed E-state index contributed by atoms with van der Waals surface area (Å²) < 4.78 is 32.5. The van der Waals surface area contributed by atoms with Gasteiger partial charge in [-0.25, -0.2) is 8.42 Å². The number of nitrogens with zero attached hydrogens (tertiary/aromatic N) is 2. The molecule has 152 valence electrons. The Morgan fingerprint density at radius 3 is 2.57 bits per heavy atom. The van der Waals surface area contributed by atoms with Gasteiger partial charge < -0.3 is 9.84 Å². The molecule has 0 saturated carbocycles. The molecule has 1 fully saturated rings. The molecule has 2 heterocycles. The summed E-state index contributed by atoms with van der Waals surface area (Å²) in [5, 5.41) is 8.88. The first-order valence-corrected chi connectivity index (χ1v) is 10.5. The van der Waals surface area contributed by atoms with Gasteiger partial charge in [0.1, 0.15) is 6.54 Å². The molecule has 2 aliphatic heterocycles. The molecule has 28 heavy (non-hydrogen) atoms. The lowest BCUT2D eigenvalue weighted by molar-refractivity contribution is -0.137. The van der Waals surface area contributed by atoms with Crippen LogP contribution in [0.3, 0.4) is 0 Å². The van der Waals surface area contributed by atoms with Crippen molar-refractivity contribution in [1.29, 1.82) is 0 Å². The lowest BCUT2D eigenvalue weighted by Crippen LogP contribution is -2.37. The fourth-order valence-corrected chi connectivity index (χ4v) is 4.34. The van der Waals surface area contributed by atoms with E-state index >= 15 is 0 Å². The third-order valence-corrected chi connectivity index (χ3v) is 5.91. The van der Waals surface area contributed by atoms with Gasteiger partial charge in [0.25, 0.3) is 11.8 Å². The minimum Gasteiger partial charge on any atom is -0.480 e. The number of amides is 2. The number of nitrogens with one attached hydrogen (secondary N) is 1. The molecule has 1 aromatic carbocycles. The molecular formula is C17H21N3O7S. The van der Waals surface area contributed by atoms with Crippen molar-refractivity contribution in [3.8, 4) is 0 Å². The number of carbonyl (C=O) groups excluding carboxylic acids is 2. The summed E-state index contributed by atoms with van der Waals surface area (Å²) in [6.07, 6.45) is 0.405. The number of sulfonamides is 1. The van der Waals surface area contributed by atoms with Crippen LogP contribution in [-0.4, -0.2) is 86.3 Å². The third-order valence-electron chi connectivity index (χ3n) is 4.55. The zero-order valence-electron chi connectivity index (χ0n) is 15.1. The number of carboxylic acid groups (broad SMARTS) is 1. The largest absolute Gasteiger partial charge is 0.480 e. The molecule has 0 radical (unpaired) electrons. The SMILES string of the molecule is O=C(O)CN1C(=O)c2cccc(NS(=O)(=O)CCCN3CCOCC3)c2C1=O. The van der Waals surface area contributed by atoms with Crippen LogP contribution in [0, 0.1) is 0 Å². The van der Waals surface area contributed by atoms with E-state index in [9.17, 15) is 22.8 Å². The highest BCUT2D eigenvalue weighted by atomic mass is 32.2. The Bertz CT molecular complexity index is 894. The molecule has 1 aromatic rings. The molecule has 3 rings (SSSR count). The maximum absolute atomic E-state index is 12.5. The Labute approximate surface area is 162 Å². The number of imide groups is 1. The van der Waals surface area contributed by atoms with Crippen LogP contribution < -0.4 is 4.72 Å². The molecule has 0 atom stereocenters. The average molecular weight is 411 g/mol. The molecule has 11 heteroatoms. The number of rotatable bonds is 8. The van der Waals surface area contributed by atoms with E-state index in [1.165, 1.54) is 18.2 Å². The number of morpholine rings is 1. The molecule has 2 aliphatic rings. The van der Waals surface area contributed by atoms with E-state index in [0.29, 0.717) is 31.1 Å². The second kappa shape index (κ2) is 8.25.